The first-order valence-electron chi connectivity index (χ1n) is 16.5. The molecule has 0 spiro atoms. The largest absolute Gasteiger partial charge is 0.491 e. The molecule has 0 radical (unpaired) electrons. The van der Waals surface area contributed by atoms with E-state index >= 15 is 0 Å². The lowest BCUT2D eigenvalue weighted by Crippen LogP contribution is -2.74. The second-order valence-electron chi connectivity index (χ2n) is 13.4. The number of alkyl halides is 17. The van der Waals surface area contributed by atoms with E-state index in [-0.39, 0.29) is 18.6 Å². The van der Waals surface area contributed by atoms with E-state index in [2.05, 4.69) is 0 Å². The smallest absolute Gasteiger partial charge is 0.460 e. The number of aliphatic hydroxyl groups is 1. The molecule has 7 nitrogen and oxygen atoms in total. The minimum atomic E-state index is -8.69. The molecule has 0 aliphatic heterocycles. The Labute approximate surface area is 315 Å². The lowest BCUT2D eigenvalue weighted by atomic mass is 9.88. The van der Waals surface area contributed by atoms with Crippen LogP contribution >= 0.6 is 0 Å². The summed E-state index contributed by atoms with van der Waals surface area (Å²) in [6.07, 6.45) is -9.34. The summed E-state index contributed by atoms with van der Waals surface area (Å²) in [6.45, 7) is 4.35. The normalized spacial score (nSPS) is 15.8. The van der Waals surface area contributed by atoms with Gasteiger partial charge in [0.1, 0.15) is 18.5 Å². The Bertz CT molecular complexity index is 1470. The van der Waals surface area contributed by atoms with Crippen molar-refractivity contribution in [3.63, 3.8) is 0 Å². The minimum absolute atomic E-state index is 0.132. The number of carbonyl (C=O) groups excluding carboxylic acids is 1. The van der Waals surface area contributed by atoms with Gasteiger partial charge in [-0.25, -0.2) is 5.48 Å². The summed E-state index contributed by atoms with van der Waals surface area (Å²) in [4.78, 5) is 11.0. The van der Waals surface area contributed by atoms with Crippen LogP contribution in [0.4, 0.5) is 74.6 Å². The summed E-state index contributed by atoms with van der Waals surface area (Å²) < 4.78 is 251. The average molecular weight is 886 g/mol. The lowest BCUT2D eigenvalue weighted by molar-refractivity contribution is -0.461. The van der Waals surface area contributed by atoms with Gasteiger partial charge < -0.3 is 19.0 Å². The molecular formula is C32H40F17NO6Si. The number of ether oxygens (including phenoxy) is 2. The number of aliphatic hydroxyl groups excluding tert-OH is 1. The summed E-state index contributed by atoms with van der Waals surface area (Å²) in [5.74, 6) is -57.4. The number of benzene rings is 1. The molecule has 0 bridgehead atoms. The SMILES string of the molecule is CO[C@H](CC/C=C/C(=O)NO)[C@H](O)c1ccc(OCCO[Si](CCC(F)(F)C(F)(F)C(F)(F)C(F)(F)C(F)(F)C(F)(F)C(F)(F)C(F)(F)F)(C(C)C)C(C)C)cc1. The first-order valence-corrected chi connectivity index (χ1v) is 18.8. The summed E-state index contributed by atoms with van der Waals surface area (Å²) in [5, 5.41) is 19.2. The highest BCUT2D eigenvalue weighted by Gasteiger charge is 2.95. The average Bonchev–Trinajstić information content (AvgIpc) is 3.09. The van der Waals surface area contributed by atoms with E-state index in [0.717, 1.165) is 6.08 Å². The number of halogens is 17. The van der Waals surface area contributed by atoms with E-state index in [9.17, 15) is 84.5 Å². The molecule has 25 heteroatoms. The molecule has 0 aliphatic carbocycles. The third kappa shape index (κ3) is 10.3. The van der Waals surface area contributed by atoms with Gasteiger partial charge in [0.15, 0.2) is 8.32 Å². The predicted octanol–water partition coefficient (Wildman–Crippen LogP) is 10.1. The van der Waals surface area contributed by atoms with Crippen LogP contribution in [0.5, 0.6) is 5.75 Å². The fourth-order valence-electron chi connectivity index (χ4n) is 5.62. The Morgan fingerprint density at radius 3 is 1.61 bits per heavy atom. The Morgan fingerprint density at radius 2 is 1.19 bits per heavy atom. The molecule has 0 unspecified atom stereocenters. The zero-order valence-electron chi connectivity index (χ0n) is 30.5. The third-order valence-electron chi connectivity index (χ3n) is 9.17. The quantitative estimate of drug-likeness (QED) is 0.0253. The van der Waals surface area contributed by atoms with Crippen molar-refractivity contribution < 1.29 is 104 Å². The van der Waals surface area contributed by atoms with Crippen LogP contribution in [0.15, 0.2) is 36.4 Å². The van der Waals surface area contributed by atoms with E-state index in [1.165, 1.54) is 70.6 Å². The molecular weight excluding hydrogens is 845 g/mol. The van der Waals surface area contributed by atoms with Crippen LogP contribution < -0.4 is 10.2 Å². The standard InChI is InChI=1S/C32H40F17NO6Si/c1-18(2)57(19(3)4,56-16-15-55-21-12-10-20(11-13-21)24(52)22(54-5)8-6-7-9-23(51)50-53)17-14-25(33,34)26(35,36)27(37,38)28(39,40)29(41,42)30(43,44)31(45,46)32(47,48)49/h7,9-13,18-19,22,24,52-53H,6,8,14-17H2,1-5H3,(H,50,51)/b9-7+/t22-,24-/m1/s1. The van der Waals surface area contributed by atoms with Gasteiger partial charge in [-0.3, -0.25) is 10.0 Å². The van der Waals surface area contributed by atoms with Crippen LogP contribution in [-0.2, 0) is 14.0 Å². The van der Waals surface area contributed by atoms with Crippen LogP contribution in [0.2, 0.25) is 17.1 Å². The Kier molecular flexibility index (Phi) is 17.0. The van der Waals surface area contributed by atoms with Gasteiger partial charge in [-0.15, -0.1) is 0 Å². The van der Waals surface area contributed by atoms with E-state index in [1.54, 1.807) is 0 Å². The summed E-state index contributed by atoms with van der Waals surface area (Å²) in [6, 6.07) is 4.26. The zero-order chi connectivity index (χ0) is 44.9. The predicted molar refractivity (Wildman–Crippen MR) is 168 cm³/mol. The zero-order valence-corrected chi connectivity index (χ0v) is 31.5. The van der Waals surface area contributed by atoms with E-state index < -0.39 is 111 Å². The number of methoxy groups -OCH3 is 1. The molecule has 2 atom stereocenters. The fraction of sp³-hybridized carbons (Fsp3) is 0.719. The van der Waals surface area contributed by atoms with Crippen molar-refractivity contribution in [2.75, 3.05) is 20.3 Å². The third-order valence-corrected chi connectivity index (χ3v) is 14.9. The summed E-state index contributed by atoms with van der Waals surface area (Å²) in [7, 11) is -2.65. The molecule has 1 aromatic rings. The first-order chi connectivity index (χ1) is 25.6. The lowest BCUT2D eigenvalue weighted by Gasteiger charge is -2.44. The molecule has 0 aromatic heterocycles. The molecule has 0 fully saturated rings. The van der Waals surface area contributed by atoms with Crippen molar-refractivity contribution >= 4 is 14.2 Å². The molecule has 1 rings (SSSR count). The Morgan fingerprint density at radius 1 is 0.737 bits per heavy atom. The molecule has 0 heterocycles. The summed E-state index contributed by atoms with van der Waals surface area (Å²) >= 11 is 0. The number of hydroxylamine groups is 1. The summed E-state index contributed by atoms with van der Waals surface area (Å²) in [5.41, 5.74) is 0.00187. The van der Waals surface area contributed by atoms with Crippen molar-refractivity contribution in [1.29, 1.82) is 0 Å². The van der Waals surface area contributed by atoms with E-state index in [1.807, 2.05) is 0 Å². The number of hydrogen-bond donors (Lipinski definition) is 3. The van der Waals surface area contributed by atoms with Gasteiger partial charge in [-0.1, -0.05) is 45.9 Å². The maximum absolute atomic E-state index is 14.9. The molecule has 332 valence electrons. The van der Waals surface area contributed by atoms with Crippen LogP contribution in [-0.4, -0.2) is 98.6 Å². The molecule has 1 aromatic carbocycles. The Balaban J connectivity index is 3.18. The van der Waals surface area contributed by atoms with Gasteiger partial charge in [-0.05, 0) is 47.7 Å². The van der Waals surface area contributed by atoms with Gasteiger partial charge >= 0.3 is 47.6 Å². The number of amides is 1. The minimum Gasteiger partial charge on any atom is -0.491 e. The number of nitrogens with one attached hydrogen (secondary N) is 1. The second-order valence-corrected chi connectivity index (χ2v) is 18.4. The van der Waals surface area contributed by atoms with Crippen LogP contribution in [0.3, 0.4) is 0 Å². The van der Waals surface area contributed by atoms with Gasteiger partial charge in [0.2, 0.25) is 0 Å². The van der Waals surface area contributed by atoms with Crippen LogP contribution in [0.25, 0.3) is 0 Å². The van der Waals surface area contributed by atoms with E-state index in [4.69, 9.17) is 19.1 Å². The Hall–Kier alpha value is -2.90. The number of hydrogen-bond acceptors (Lipinski definition) is 6. The van der Waals surface area contributed by atoms with Gasteiger partial charge in [-0.2, -0.15) is 74.6 Å². The van der Waals surface area contributed by atoms with Crippen molar-refractivity contribution in [3.8, 4) is 5.75 Å². The monoisotopic (exact) mass is 885 g/mol. The van der Waals surface area contributed by atoms with E-state index in [0.29, 0.717) is 5.56 Å². The molecule has 0 aliphatic rings. The molecule has 0 saturated carbocycles. The molecule has 3 N–H and O–H groups in total. The molecule has 57 heavy (non-hydrogen) atoms. The fourth-order valence-corrected chi connectivity index (χ4v) is 10.1. The van der Waals surface area contributed by atoms with Gasteiger partial charge in [0.05, 0.1) is 12.7 Å². The highest BCUT2D eigenvalue weighted by Crippen LogP contribution is 2.64. The highest BCUT2D eigenvalue weighted by atomic mass is 28.4. The van der Waals surface area contributed by atoms with Crippen molar-refractivity contribution in [3.05, 3.63) is 42.0 Å². The van der Waals surface area contributed by atoms with Crippen molar-refractivity contribution in [1.82, 2.24) is 5.48 Å². The van der Waals surface area contributed by atoms with Crippen LogP contribution in [0, 0.1) is 0 Å². The van der Waals surface area contributed by atoms with Crippen molar-refractivity contribution in [2.24, 2.45) is 0 Å². The maximum Gasteiger partial charge on any atom is 0.460 e. The van der Waals surface area contributed by atoms with Crippen LogP contribution in [0.1, 0.15) is 58.6 Å². The molecule has 1 amide bonds. The second kappa shape index (κ2) is 18.6. The topological polar surface area (TPSA) is 97.3 Å². The number of rotatable bonds is 23. The highest BCUT2D eigenvalue weighted by molar-refractivity contribution is 6.76. The maximum atomic E-state index is 14.9. The van der Waals surface area contributed by atoms with Gasteiger partial charge in [0.25, 0.3) is 5.91 Å². The number of allylic oxidation sites excluding steroid dienone is 1. The van der Waals surface area contributed by atoms with Crippen molar-refractivity contribution in [2.45, 2.75) is 124 Å². The van der Waals surface area contributed by atoms with Gasteiger partial charge in [0, 0.05) is 19.6 Å². The number of carbonyl (C=O) groups is 1. The first kappa shape index (κ1) is 52.1. The molecule has 0 saturated heterocycles.